The van der Waals surface area contributed by atoms with Crippen LogP contribution in [0.15, 0.2) is 36.4 Å². The predicted molar refractivity (Wildman–Crippen MR) is 71.0 cm³/mol. The van der Waals surface area contributed by atoms with Crippen LogP contribution in [-0.2, 0) is 6.42 Å². The van der Waals surface area contributed by atoms with Crippen LogP contribution in [0.5, 0.6) is 5.75 Å². The van der Waals surface area contributed by atoms with E-state index in [1.807, 2.05) is 12.1 Å². The van der Waals surface area contributed by atoms with Crippen molar-refractivity contribution < 1.29 is 13.9 Å². The van der Waals surface area contributed by atoms with Crippen molar-refractivity contribution in [2.45, 2.75) is 12.8 Å². The summed E-state index contributed by atoms with van der Waals surface area (Å²) in [7, 11) is 1.50. The van der Waals surface area contributed by atoms with Crippen LogP contribution in [0.3, 0.4) is 0 Å². The highest BCUT2D eigenvalue weighted by atomic mass is 19.1. The smallest absolute Gasteiger partial charge is 0.163 e. The van der Waals surface area contributed by atoms with Gasteiger partial charge in [0.25, 0.3) is 0 Å². The fraction of sp³-hybridized carbons (Fsp3) is 0.188. The lowest BCUT2D eigenvalue weighted by Gasteiger charge is -2.07. The number of halogens is 1. The summed E-state index contributed by atoms with van der Waals surface area (Å²) in [5.41, 5.74) is 3.01. The molecule has 3 heteroatoms. The molecule has 0 saturated heterocycles. The van der Waals surface area contributed by atoms with Crippen LogP contribution < -0.4 is 4.74 Å². The normalized spacial score (nSPS) is 13.5. The lowest BCUT2D eigenvalue weighted by molar-refractivity contribution is 0.0994. The molecule has 2 aromatic carbocycles. The highest BCUT2D eigenvalue weighted by Crippen LogP contribution is 2.30. The van der Waals surface area contributed by atoms with Crippen molar-refractivity contribution in [1.29, 1.82) is 0 Å². The molecule has 3 rings (SSSR count). The zero-order valence-corrected chi connectivity index (χ0v) is 10.6. The number of Topliss-reactive ketones (excluding diaryl/α,β-unsaturated/α-hetero) is 1. The van der Waals surface area contributed by atoms with Gasteiger partial charge < -0.3 is 4.74 Å². The number of methoxy groups -OCH3 is 1. The lowest BCUT2D eigenvalue weighted by atomic mass is 10.00. The van der Waals surface area contributed by atoms with Crippen LogP contribution in [0.4, 0.5) is 4.39 Å². The summed E-state index contributed by atoms with van der Waals surface area (Å²) < 4.78 is 19.0. The molecule has 0 bridgehead atoms. The van der Waals surface area contributed by atoms with Gasteiger partial charge in [0.15, 0.2) is 5.78 Å². The van der Waals surface area contributed by atoms with Crippen LogP contribution in [0, 0.1) is 5.82 Å². The number of benzene rings is 2. The number of hydrogen-bond donors (Lipinski definition) is 0. The monoisotopic (exact) mass is 256 g/mol. The first kappa shape index (κ1) is 11.9. The summed E-state index contributed by atoms with van der Waals surface area (Å²) in [6, 6.07) is 10.3. The van der Waals surface area contributed by atoms with Gasteiger partial charge in [0, 0.05) is 23.6 Å². The third-order valence-corrected chi connectivity index (χ3v) is 3.52. The molecule has 2 nitrogen and oxygen atoms in total. The third kappa shape index (κ3) is 2.01. The fourth-order valence-electron chi connectivity index (χ4n) is 2.46. The molecule has 0 heterocycles. The van der Waals surface area contributed by atoms with Crippen LogP contribution in [0.2, 0.25) is 0 Å². The number of ether oxygens (including phenoxy) is 1. The minimum Gasteiger partial charge on any atom is -0.497 e. The van der Waals surface area contributed by atoms with Crippen molar-refractivity contribution in [3.05, 3.63) is 53.3 Å². The molecular weight excluding hydrogens is 243 g/mol. The fourth-order valence-corrected chi connectivity index (χ4v) is 2.46. The lowest BCUT2D eigenvalue weighted by Crippen LogP contribution is -1.93. The highest BCUT2D eigenvalue weighted by molar-refractivity contribution is 6.01. The Morgan fingerprint density at radius 3 is 2.63 bits per heavy atom. The van der Waals surface area contributed by atoms with Crippen molar-refractivity contribution in [2.75, 3.05) is 7.11 Å². The van der Waals surface area contributed by atoms with Gasteiger partial charge >= 0.3 is 0 Å². The van der Waals surface area contributed by atoms with Gasteiger partial charge in [-0.1, -0.05) is 12.1 Å². The molecule has 0 radical (unpaired) electrons. The number of carbonyl (C=O) groups excluding carboxylic acids is 1. The number of carbonyl (C=O) groups is 1. The minimum absolute atomic E-state index is 0.144. The topological polar surface area (TPSA) is 26.3 Å². The molecule has 0 aromatic heterocycles. The van der Waals surface area contributed by atoms with Crippen LogP contribution in [0.25, 0.3) is 11.1 Å². The Labute approximate surface area is 110 Å². The summed E-state index contributed by atoms with van der Waals surface area (Å²) in [4.78, 5) is 11.7. The second-order valence-electron chi connectivity index (χ2n) is 4.64. The molecule has 0 fully saturated rings. The van der Waals surface area contributed by atoms with Gasteiger partial charge in [-0.3, -0.25) is 4.79 Å². The molecule has 0 N–H and O–H groups in total. The molecule has 19 heavy (non-hydrogen) atoms. The van der Waals surface area contributed by atoms with E-state index in [9.17, 15) is 9.18 Å². The van der Waals surface area contributed by atoms with E-state index in [4.69, 9.17) is 4.74 Å². The molecule has 96 valence electrons. The van der Waals surface area contributed by atoms with E-state index in [0.29, 0.717) is 17.7 Å². The predicted octanol–water partition coefficient (Wildman–Crippen LogP) is 3.63. The van der Waals surface area contributed by atoms with Crippen molar-refractivity contribution in [2.24, 2.45) is 0 Å². The summed E-state index contributed by atoms with van der Waals surface area (Å²) in [5, 5.41) is 0. The van der Waals surface area contributed by atoms with Gasteiger partial charge in [0.2, 0.25) is 0 Å². The summed E-state index contributed by atoms with van der Waals surface area (Å²) >= 11 is 0. The number of hydrogen-bond acceptors (Lipinski definition) is 2. The van der Waals surface area contributed by atoms with E-state index < -0.39 is 0 Å². The van der Waals surface area contributed by atoms with Crippen molar-refractivity contribution >= 4 is 5.78 Å². The SMILES string of the molecule is COc1ccc(-c2ccc3c(c2)C(=O)CC3)c(F)c1. The molecule has 0 saturated carbocycles. The Bertz CT molecular complexity index is 662. The quantitative estimate of drug-likeness (QED) is 0.820. The van der Waals surface area contributed by atoms with Gasteiger partial charge in [0.1, 0.15) is 11.6 Å². The molecule has 2 aromatic rings. The Morgan fingerprint density at radius 2 is 1.89 bits per heavy atom. The molecule has 1 aliphatic carbocycles. The zero-order valence-electron chi connectivity index (χ0n) is 10.6. The maximum Gasteiger partial charge on any atom is 0.163 e. The van der Waals surface area contributed by atoms with E-state index >= 15 is 0 Å². The first-order chi connectivity index (χ1) is 9.19. The summed E-state index contributed by atoms with van der Waals surface area (Å²) in [5.74, 6) is 0.286. The number of rotatable bonds is 2. The molecule has 0 spiro atoms. The minimum atomic E-state index is -0.343. The first-order valence-electron chi connectivity index (χ1n) is 6.19. The van der Waals surface area contributed by atoms with Crippen molar-refractivity contribution in [3.63, 3.8) is 0 Å². The number of fused-ring (bicyclic) bond motifs is 1. The van der Waals surface area contributed by atoms with Gasteiger partial charge in [-0.25, -0.2) is 4.39 Å². The Balaban J connectivity index is 2.08. The van der Waals surface area contributed by atoms with E-state index in [1.54, 1.807) is 18.2 Å². The van der Waals surface area contributed by atoms with E-state index in [1.165, 1.54) is 13.2 Å². The van der Waals surface area contributed by atoms with Gasteiger partial charge in [-0.05, 0) is 35.7 Å². The van der Waals surface area contributed by atoms with Crippen molar-refractivity contribution in [1.82, 2.24) is 0 Å². The second-order valence-corrected chi connectivity index (χ2v) is 4.64. The van der Waals surface area contributed by atoms with Gasteiger partial charge in [-0.15, -0.1) is 0 Å². The summed E-state index contributed by atoms with van der Waals surface area (Å²) in [6.45, 7) is 0. The first-order valence-corrected chi connectivity index (χ1v) is 6.19. The van der Waals surface area contributed by atoms with Gasteiger partial charge in [0.05, 0.1) is 7.11 Å². The summed E-state index contributed by atoms with van der Waals surface area (Å²) in [6.07, 6.45) is 1.35. The van der Waals surface area contributed by atoms with Gasteiger partial charge in [-0.2, -0.15) is 0 Å². The molecule has 0 amide bonds. The van der Waals surface area contributed by atoms with Crippen molar-refractivity contribution in [3.8, 4) is 16.9 Å². The molecular formula is C16H13FO2. The Kier molecular flexibility index (Phi) is 2.82. The Hall–Kier alpha value is -2.16. The highest BCUT2D eigenvalue weighted by Gasteiger charge is 2.20. The maximum absolute atomic E-state index is 14.0. The van der Waals surface area contributed by atoms with Crippen LogP contribution in [0.1, 0.15) is 22.3 Å². The number of ketones is 1. The average Bonchev–Trinajstić information content (AvgIpc) is 2.80. The zero-order chi connectivity index (χ0) is 13.4. The molecule has 1 aliphatic rings. The third-order valence-electron chi connectivity index (χ3n) is 3.52. The van der Waals surface area contributed by atoms with E-state index in [-0.39, 0.29) is 11.6 Å². The van der Waals surface area contributed by atoms with E-state index in [2.05, 4.69) is 0 Å². The van der Waals surface area contributed by atoms with Crippen LogP contribution >= 0.6 is 0 Å². The maximum atomic E-state index is 14.0. The molecule has 0 aliphatic heterocycles. The Morgan fingerprint density at radius 1 is 1.05 bits per heavy atom. The average molecular weight is 256 g/mol. The second kappa shape index (κ2) is 4.50. The molecule has 0 atom stereocenters. The van der Waals surface area contributed by atoms with E-state index in [0.717, 1.165) is 23.1 Å². The largest absolute Gasteiger partial charge is 0.497 e. The van der Waals surface area contributed by atoms with Crippen LogP contribution in [-0.4, -0.2) is 12.9 Å². The molecule has 0 unspecified atom stereocenters. The number of aryl methyl sites for hydroxylation is 1. The standard InChI is InChI=1S/C16H13FO2/c1-19-12-5-6-13(15(17)9-12)11-3-2-10-4-7-16(18)14(10)8-11/h2-3,5-6,8-9H,4,7H2,1H3.